The lowest BCUT2D eigenvalue weighted by molar-refractivity contribution is -0.140. The molecule has 4 nitrogen and oxygen atoms in total. The van der Waals surface area contributed by atoms with Crippen molar-refractivity contribution in [2.24, 2.45) is 0 Å². The first kappa shape index (κ1) is 13.7. The lowest BCUT2D eigenvalue weighted by Gasteiger charge is -2.08. The predicted molar refractivity (Wildman–Crippen MR) is 66.7 cm³/mol. The molecule has 0 N–H and O–H groups in total. The fourth-order valence-corrected chi connectivity index (χ4v) is 1.79. The molecule has 0 amide bonds. The smallest absolute Gasteiger partial charge is 0.307 e. The van der Waals surface area contributed by atoms with Crippen molar-refractivity contribution in [1.29, 1.82) is 0 Å². The molecule has 0 aliphatic rings. The van der Waals surface area contributed by atoms with Crippen LogP contribution < -0.4 is 4.74 Å². The number of esters is 1. The SMILES string of the molecule is COC(=O)CC(Br)C(=O)c1ccc(OC)cc1. The van der Waals surface area contributed by atoms with Crippen LogP contribution in [0.3, 0.4) is 0 Å². The summed E-state index contributed by atoms with van der Waals surface area (Å²) in [7, 11) is 2.85. The van der Waals surface area contributed by atoms with Crippen molar-refractivity contribution in [3.8, 4) is 5.75 Å². The topological polar surface area (TPSA) is 52.6 Å². The van der Waals surface area contributed by atoms with Crippen LogP contribution in [0.4, 0.5) is 0 Å². The molecule has 92 valence electrons. The molecule has 0 radical (unpaired) electrons. The third-order valence-corrected chi connectivity index (χ3v) is 2.97. The van der Waals surface area contributed by atoms with E-state index >= 15 is 0 Å². The normalized spacial score (nSPS) is 11.7. The van der Waals surface area contributed by atoms with Crippen LogP contribution in [0.15, 0.2) is 24.3 Å². The van der Waals surface area contributed by atoms with E-state index in [0.29, 0.717) is 11.3 Å². The quantitative estimate of drug-likeness (QED) is 0.475. The fourth-order valence-electron chi connectivity index (χ4n) is 1.26. The summed E-state index contributed by atoms with van der Waals surface area (Å²) in [5.41, 5.74) is 0.525. The zero-order chi connectivity index (χ0) is 12.8. The van der Waals surface area contributed by atoms with Gasteiger partial charge in [0, 0.05) is 5.56 Å². The maximum atomic E-state index is 11.9. The number of ether oxygens (including phenoxy) is 2. The average Bonchev–Trinajstić information content (AvgIpc) is 2.37. The molecule has 0 fully saturated rings. The highest BCUT2D eigenvalue weighted by Gasteiger charge is 2.20. The van der Waals surface area contributed by atoms with Gasteiger partial charge in [-0.3, -0.25) is 9.59 Å². The number of rotatable bonds is 5. The van der Waals surface area contributed by atoms with Gasteiger partial charge in [-0.25, -0.2) is 0 Å². The summed E-state index contributed by atoms with van der Waals surface area (Å²) >= 11 is 3.18. The molecular weight excluding hydrogens is 288 g/mol. The molecule has 0 aliphatic heterocycles. The summed E-state index contributed by atoms with van der Waals surface area (Å²) in [6.45, 7) is 0. The van der Waals surface area contributed by atoms with E-state index in [1.165, 1.54) is 7.11 Å². The van der Waals surface area contributed by atoms with Crippen molar-refractivity contribution >= 4 is 27.7 Å². The molecule has 5 heteroatoms. The molecule has 0 saturated heterocycles. The molecule has 0 aromatic heterocycles. The van der Waals surface area contributed by atoms with Gasteiger partial charge in [-0.1, -0.05) is 15.9 Å². The number of alkyl halides is 1. The van der Waals surface area contributed by atoms with E-state index < -0.39 is 10.8 Å². The Balaban J connectivity index is 2.71. The Kier molecular flexibility index (Phi) is 5.15. The van der Waals surface area contributed by atoms with Crippen molar-refractivity contribution < 1.29 is 19.1 Å². The van der Waals surface area contributed by atoms with E-state index in [-0.39, 0.29) is 12.2 Å². The predicted octanol–water partition coefficient (Wildman–Crippen LogP) is 2.20. The summed E-state index contributed by atoms with van der Waals surface area (Å²) < 4.78 is 9.50. The summed E-state index contributed by atoms with van der Waals surface area (Å²) in [6.07, 6.45) is 0.0152. The lowest BCUT2D eigenvalue weighted by atomic mass is 10.1. The number of hydrogen-bond donors (Lipinski definition) is 0. The average molecular weight is 301 g/mol. The minimum atomic E-state index is -0.566. The van der Waals surface area contributed by atoms with Crippen molar-refractivity contribution in [3.63, 3.8) is 0 Å². The number of ketones is 1. The van der Waals surface area contributed by atoms with Gasteiger partial charge >= 0.3 is 5.97 Å². The van der Waals surface area contributed by atoms with Crippen molar-refractivity contribution in [2.75, 3.05) is 14.2 Å². The van der Waals surface area contributed by atoms with Gasteiger partial charge in [-0.05, 0) is 24.3 Å². The van der Waals surface area contributed by atoms with E-state index in [4.69, 9.17) is 4.74 Å². The van der Waals surface area contributed by atoms with Crippen molar-refractivity contribution in [1.82, 2.24) is 0 Å². The van der Waals surface area contributed by atoms with Gasteiger partial charge in [0.05, 0.1) is 25.5 Å². The molecular formula is C12H13BrO4. The first-order valence-corrected chi connectivity index (χ1v) is 5.89. The number of carbonyl (C=O) groups is 2. The number of Topliss-reactive ketones (excluding diaryl/α,β-unsaturated/α-hetero) is 1. The van der Waals surface area contributed by atoms with Crippen molar-refractivity contribution in [3.05, 3.63) is 29.8 Å². The first-order chi connectivity index (χ1) is 8.08. The van der Waals surface area contributed by atoms with E-state index in [1.54, 1.807) is 31.4 Å². The molecule has 1 aromatic rings. The molecule has 0 spiro atoms. The molecule has 17 heavy (non-hydrogen) atoms. The zero-order valence-electron chi connectivity index (χ0n) is 9.60. The van der Waals surface area contributed by atoms with Crippen LogP contribution in [0.25, 0.3) is 0 Å². The highest BCUT2D eigenvalue weighted by Crippen LogP contribution is 2.17. The Labute approximate surface area is 108 Å². The maximum absolute atomic E-state index is 11.9. The summed E-state index contributed by atoms with van der Waals surface area (Å²) in [6, 6.07) is 6.72. The van der Waals surface area contributed by atoms with Crippen LogP contribution in [0.5, 0.6) is 5.75 Å². The molecule has 0 saturated carbocycles. The Morgan fingerprint density at radius 2 is 1.82 bits per heavy atom. The number of benzene rings is 1. The van der Waals surface area contributed by atoms with Crippen LogP contribution in [-0.4, -0.2) is 30.8 Å². The van der Waals surface area contributed by atoms with Gasteiger partial charge in [-0.15, -0.1) is 0 Å². The maximum Gasteiger partial charge on any atom is 0.307 e. The molecule has 0 bridgehead atoms. The van der Waals surface area contributed by atoms with Gasteiger partial charge < -0.3 is 9.47 Å². The Morgan fingerprint density at radius 3 is 2.29 bits per heavy atom. The third kappa shape index (κ3) is 3.85. The van der Waals surface area contributed by atoms with Gasteiger partial charge in [0.1, 0.15) is 5.75 Å². The highest BCUT2D eigenvalue weighted by atomic mass is 79.9. The summed E-state index contributed by atoms with van der Waals surface area (Å²) in [5.74, 6) is 0.104. The summed E-state index contributed by atoms with van der Waals surface area (Å²) in [4.78, 5) is 22.4. The molecule has 0 heterocycles. The second-order valence-corrected chi connectivity index (χ2v) is 4.45. The van der Waals surface area contributed by atoms with Crippen LogP contribution in [-0.2, 0) is 9.53 Å². The monoisotopic (exact) mass is 300 g/mol. The highest BCUT2D eigenvalue weighted by molar-refractivity contribution is 9.10. The lowest BCUT2D eigenvalue weighted by Crippen LogP contribution is -2.19. The minimum Gasteiger partial charge on any atom is -0.497 e. The second kappa shape index (κ2) is 6.39. The molecule has 1 atom stereocenters. The van der Waals surface area contributed by atoms with E-state index in [2.05, 4.69) is 20.7 Å². The summed E-state index contributed by atoms with van der Waals surface area (Å²) in [5, 5.41) is 0. The van der Waals surface area contributed by atoms with Crippen LogP contribution >= 0.6 is 15.9 Å². The Morgan fingerprint density at radius 1 is 1.24 bits per heavy atom. The molecule has 0 aliphatic carbocycles. The number of halogens is 1. The number of hydrogen-bond acceptors (Lipinski definition) is 4. The molecule has 1 aromatic carbocycles. The van der Waals surface area contributed by atoms with Gasteiger partial charge in [0.15, 0.2) is 5.78 Å². The number of methoxy groups -OCH3 is 2. The third-order valence-electron chi connectivity index (χ3n) is 2.23. The minimum absolute atomic E-state index is 0.0152. The van der Waals surface area contributed by atoms with Gasteiger partial charge in [0.25, 0.3) is 0 Å². The van der Waals surface area contributed by atoms with E-state index in [0.717, 1.165) is 0 Å². The zero-order valence-corrected chi connectivity index (χ0v) is 11.2. The van der Waals surface area contributed by atoms with Gasteiger partial charge in [0.2, 0.25) is 0 Å². The second-order valence-electron chi connectivity index (χ2n) is 3.34. The van der Waals surface area contributed by atoms with Gasteiger partial charge in [-0.2, -0.15) is 0 Å². The Hall–Kier alpha value is -1.36. The fraction of sp³-hybridized carbons (Fsp3) is 0.333. The van der Waals surface area contributed by atoms with Crippen LogP contribution in [0.1, 0.15) is 16.8 Å². The molecule has 1 unspecified atom stereocenters. The standard InChI is InChI=1S/C12H13BrO4/c1-16-9-5-3-8(4-6-9)12(15)10(13)7-11(14)17-2/h3-6,10H,7H2,1-2H3. The van der Waals surface area contributed by atoms with E-state index in [1.807, 2.05) is 0 Å². The van der Waals surface area contributed by atoms with Crippen LogP contribution in [0, 0.1) is 0 Å². The van der Waals surface area contributed by atoms with Crippen LogP contribution in [0.2, 0.25) is 0 Å². The Bertz CT molecular complexity index is 399. The molecule has 1 rings (SSSR count). The number of carbonyl (C=O) groups excluding carboxylic acids is 2. The van der Waals surface area contributed by atoms with Crippen molar-refractivity contribution in [2.45, 2.75) is 11.2 Å². The van der Waals surface area contributed by atoms with E-state index in [9.17, 15) is 9.59 Å². The first-order valence-electron chi connectivity index (χ1n) is 4.97. The largest absolute Gasteiger partial charge is 0.497 e.